The first kappa shape index (κ1) is 18.4. The molecule has 0 heterocycles. The van der Waals surface area contributed by atoms with Crippen LogP contribution in [-0.4, -0.2) is 17.8 Å². The number of aliphatic hydroxyl groups is 1. The average molecular weight is 326 g/mol. The second-order valence-corrected chi connectivity index (χ2v) is 5.00. The van der Waals surface area contributed by atoms with Crippen LogP contribution in [0.1, 0.15) is 18.1 Å². The molecule has 0 aromatic heterocycles. The van der Waals surface area contributed by atoms with Crippen molar-refractivity contribution in [2.45, 2.75) is 26.2 Å². The lowest BCUT2D eigenvalue weighted by molar-refractivity contribution is 0.190. The molecule has 3 nitrogen and oxygen atoms in total. The molecule has 0 fully saturated rings. The zero-order valence-corrected chi connectivity index (χ0v) is 13.3. The molecule has 0 aliphatic heterocycles. The quantitative estimate of drug-likeness (QED) is 0.820. The minimum absolute atomic E-state index is 0. The van der Waals surface area contributed by atoms with E-state index in [1.54, 1.807) is 19.1 Å². The number of halogens is 2. The Kier molecular flexibility index (Phi) is 7.88. The summed E-state index contributed by atoms with van der Waals surface area (Å²) in [4.78, 5) is 0. The van der Waals surface area contributed by atoms with Crippen LogP contribution in [0.4, 0.5) is 4.39 Å². The molecule has 0 bridgehead atoms. The molecule has 2 N–H and O–H groups in total. The highest BCUT2D eigenvalue weighted by Crippen LogP contribution is 2.19. The van der Waals surface area contributed by atoms with Gasteiger partial charge < -0.3 is 15.2 Å². The smallest absolute Gasteiger partial charge is 0.124 e. The Bertz CT molecular complexity index is 561. The number of hydrogen-bond donors (Lipinski definition) is 2. The first-order valence-corrected chi connectivity index (χ1v) is 6.99. The fourth-order valence-electron chi connectivity index (χ4n) is 1.95. The summed E-state index contributed by atoms with van der Waals surface area (Å²) in [5.74, 6) is 0.543. The van der Waals surface area contributed by atoms with Gasteiger partial charge in [0.25, 0.3) is 0 Å². The summed E-state index contributed by atoms with van der Waals surface area (Å²) in [7, 11) is 0. The van der Waals surface area contributed by atoms with Crippen molar-refractivity contribution in [1.29, 1.82) is 0 Å². The van der Waals surface area contributed by atoms with Crippen LogP contribution in [0.15, 0.2) is 48.5 Å². The van der Waals surface area contributed by atoms with Crippen molar-refractivity contribution in [2.24, 2.45) is 0 Å². The van der Waals surface area contributed by atoms with Gasteiger partial charge >= 0.3 is 0 Å². The molecule has 2 aromatic rings. The summed E-state index contributed by atoms with van der Waals surface area (Å²) in [5.41, 5.74) is 1.95. The molecule has 0 amide bonds. The minimum atomic E-state index is -0.378. The highest BCUT2D eigenvalue weighted by atomic mass is 35.5. The largest absolute Gasteiger partial charge is 0.489 e. The second-order valence-electron chi connectivity index (χ2n) is 5.00. The van der Waals surface area contributed by atoms with Crippen LogP contribution in [0, 0.1) is 5.82 Å². The molecule has 2 aromatic carbocycles. The van der Waals surface area contributed by atoms with E-state index >= 15 is 0 Å². The molecular weight excluding hydrogens is 305 g/mol. The monoisotopic (exact) mass is 325 g/mol. The van der Waals surface area contributed by atoms with Crippen LogP contribution in [0.3, 0.4) is 0 Å². The van der Waals surface area contributed by atoms with E-state index in [1.807, 2.05) is 24.3 Å². The Labute approximate surface area is 136 Å². The van der Waals surface area contributed by atoms with Gasteiger partial charge in [0.2, 0.25) is 0 Å². The number of nitrogens with one attached hydrogen (secondary N) is 1. The van der Waals surface area contributed by atoms with Gasteiger partial charge in [-0.25, -0.2) is 4.39 Å². The molecule has 2 rings (SSSR count). The molecule has 0 aliphatic carbocycles. The third-order valence-corrected chi connectivity index (χ3v) is 3.04. The van der Waals surface area contributed by atoms with Crippen LogP contribution in [0.2, 0.25) is 0 Å². The van der Waals surface area contributed by atoms with Gasteiger partial charge in [-0.1, -0.05) is 30.3 Å². The van der Waals surface area contributed by atoms with E-state index in [0.29, 0.717) is 19.7 Å². The van der Waals surface area contributed by atoms with Crippen molar-refractivity contribution in [3.05, 3.63) is 65.5 Å². The van der Waals surface area contributed by atoms with E-state index in [9.17, 15) is 9.50 Å². The van der Waals surface area contributed by atoms with Gasteiger partial charge in [0.15, 0.2) is 0 Å². The number of ether oxygens (including phenoxy) is 1. The van der Waals surface area contributed by atoms with Crippen LogP contribution in [0.25, 0.3) is 0 Å². The van der Waals surface area contributed by atoms with Crippen molar-refractivity contribution in [3.8, 4) is 5.75 Å². The molecule has 1 atom stereocenters. The summed E-state index contributed by atoms with van der Waals surface area (Å²) in [6, 6.07) is 14.0. The van der Waals surface area contributed by atoms with Gasteiger partial charge in [-0.3, -0.25) is 0 Å². The van der Waals surface area contributed by atoms with E-state index in [-0.39, 0.29) is 24.3 Å². The normalized spacial score (nSPS) is 11.6. The summed E-state index contributed by atoms with van der Waals surface area (Å²) in [6.45, 7) is 3.30. The Morgan fingerprint density at radius 2 is 1.82 bits per heavy atom. The van der Waals surface area contributed by atoms with Gasteiger partial charge in [0.05, 0.1) is 6.10 Å². The second kappa shape index (κ2) is 9.41. The standard InChI is InChI=1S/C17H20FNO2.ClH/c1-13(20)10-19-11-15-4-2-3-5-17(15)21-12-14-6-8-16(18)9-7-14;/h2-9,13,19-20H,10-12H2,1H3;1H. The molecule has 5 heteroatoms. The third-order valence-electron chi connectivity index (χ3n) is 3.04. The number of rotatable bonds is 7. The number of para-hydroxylation sites is 1. The zero-order chi connectivity index (χ0) is 15.1. The number of hydrogen-bond acceptors (Lipinski definition) is 3. The highest BCUT2D eigenvalue weighted by Gasteiger charge is 2.04. The van der Waals surface area contributed by atoms with E-state index in [4.69, 9.17) is 4.74 Å². The molecule has 0 aliphatic rings. The SMILES string of the molecule is CC(O)CNCc1ccccc1OCc1ccc(F)cc1.Cl. The topological polar surface area (TPSA) is 41.5 Å². The Hall–Kier alpha value is -1.62. The average Bonchev–Trinajstić information content (AvgIpc) is 2.47. The molecule has 120 valence electrons. The molecule has 1 unspecified atom stereocenters. The van der Waals surface area contributed by atoms with Crippen LogP contribution in [-0.2, 0) is 13.2 Å². The van der Waals surface area contributed by atoms with Crippen LogP contribution < -0.4 is 10.1 Å². The first-order valence-electron chi connectivity index (χ1n) is 6.99. The zero-order valence-electron chi connectivity index (χ0n) is 12.5. The minimum Gasteiger partial charge on any atom is -0.489 e. The molecular formula is C17H21ClFNO2. The van der Waals surface area contributed by atoms with Crippen molar-refractivity contribution < 1.29 is 14.2 Å². The Morgan fingerprint density at radius 3 is 2.50 bits per heavy atom. The molecule has 0 saturated heterocycles. The lowest BCUT2D eigenvalue weighted by Gasteiger charge is -2.13. The molecule has 0 radical (unpaired) electrons. The first-order chi connectivity index (χ1) is 10.1. The van der Waals surface area contributed by atoms with E-state index < -0.39 is 0 Å². The maximum atomic E-state index is 12.8. The fraction of sp³-hybridized carbons (Fsp3) is 0.294. The maximum absolute atomic E-state index is 12.8. The lowest BCUT2D eigenvalue weighted by Crippen LogP contribution is -2.24. The maximum Gasteiger partial charge on any atom is 0.124 e. The summed E-state index contributed by atoms with van der Waals surface area (Å²) in [5, 5.41) is 12.4. The predicted molar refractivity (Wildman–Crippen MR) is 87.8 cm³/mol. The molecule has 0 saturated carbocycles. The molecule has 0 spiro atoms. The van der Waals surface area contributed by atoms with E-state index in [2.05, 4.69) is 5.32 Å². The predicted octanol–water partition coefficient (Wildman–Crippen LogP) is 3.30. The van der Waals surface area contributed by atoms with Gasteiger partial charge in [0, 0.05) is 18.7 Å². The number of benzene rings is 2. The van der Waals surface area contributed by atoms with Gasteiger partial charge in [-0.2, -0.15) is 0 Å². The molecule has 22 heavy (non-hydrogen) atoms. The van der Waals surface area contributed by atoms with Crippen molar-refractivity contribution in [2.75, 3.05) is 6.54 Å². The summed E-state index contributed by atoms with van der Waals surface area (Å²) >= 11 is 0. The van der Waals surface area contributed by atoms with Gasteiger partial charge in [-0.05, 0) is 30.7 Å². The van der Waals surface area contributed by atoms with E-state index in [0.717, 1.165) is 16.9 Å². The van der Waals surface area contributed by atoms with Gasteiger partial charge in [-0.15, -0.1) is 12.4 Å². The lowest BCUT2D eigenvalue weighted by atomic mass is 10.2. The van der Waals surface area contributed by atoms with Crippen molar-refractivity contribution >= 4 is 12.4 Å². The van der Waals surface area contributed by atoms with Crippen LogP contribution in [0.5, 0.6) is 5.75 Å². The highest BCUT2D eigenvalue weighted by molar-refractivity contribution is 5.85. The van der Waals surface area contributed by atoms with Gasteiger partial charge in [0.1, 0.15) is 18.2 Å². The Balaban J connectivity index is 0.00000242. The summed E-state index contributed by atoms with van der Waals surface area (Å²) < 4.78 is 18.6. The van der Waals surface area contributed by atoms with Crippen LogP contribution >= 0.6 is 12.4 Å². The van der Waals surface area contributed by atoms with Crippen molar-refractivity contribution in [3.63, 3.8) is 0 Å². The van der Waals surface area contributed by atoms with E-state index in [1.165, 1.54) is 12.1 Å². The number of aliphatic hydroxyl groups excluding tert-OH is 1. The summed E-state index contributed by atoms with van der Waals surface area (Å²) in [6.07, 6.45) is -0.378. The van der Waals surface area contributed by atoms with Crippen molar-refractivity contribution in [1.82, 2.24) is 5.32 Å². The third kappa shape index (κ3) is 6.02. The Morgan fingerprint density at radius 1 is 1.14 bits per heavy atom. The fourth-order valence-corrected chi connectivity index (χ4v) is 1.95.